The molecule has 3 rings (SSSR count). The fourth-order valence-electron chi connectivity index (χ4n) is 2.02. The molecule has 0 aliphatic heterocycles. The van der Waals surface area contributed by atoms with Gasteiger partial charge in [-0.2, -0.15) is 4.98 Å². The number of rotatable bonds is 4. The van der Waals surface area contributed by atoms with Gasteiger partial charge in [-0.1, -0.05) is 16.8 Å². The molecule has 22 heavy (non-hydrogen) atoms. The lowest BCUT2D eigenvalue weighted by atomic mass is 10.2. The molecule has 2 aromatic carbocycles. The van der Waals surface area contributed by atoms with Gasteiger partial charge in [0.2, 0.25) is 5.82 Å². The lowest BCUT2D eigenvalue weighted by Gasteiger charge is -2.02. The highest BCUT2D eigenvalue weighted by Crippen LogP contribution is 2.29. The highest BCUT2D eigenvalue weighted by Gasteiger charge is 2.13. The van der Waals surface area contributed by atoms with E-state index in [9.17, 15) is 0 Å². The lowest BCUT2D eigenvalue weighted by molar-refractivity contribution is 0.340. The van der Waals surface area contributed by atoms with Crippen LogP contribution in [0.1, 0.15) is 6.92 Å². The largest absolute Gasteiger partial charge is 0.494 e. The maximum atomic E-state index is 6.16. The quantitative estimate of drug-likeness (QED) is 0.735. The zero-order valence-electron chi connectivity index (χ0n) is 11.9. The first-order valence-corrected chi connectivity index (χ1v) is 7.17. The molecule has 0 aliphatic rings. The second-order valence-electron chi connectivity index (χ2n) is 4.62. The van der Waals surface area contributed by atoms with Crippen molar-refractivity contribution in [2.75, 3.05) is 12.3 Å². The molecular weight excluding hydrogens is 302 g/mol. The number of anilines is 1. The van der Waals surface area contributed by atoms with Crippen LogP contribution in [0.4, 0.5) is 5.69 Å². The third-order valence-electron chi connectivity index (χ3n) is 3.07. The molecule has 3 aromatic rings. The average Bonchev–Trinajstić information content (AvgIpc) is 2.98. The van der Waals surface area contributed by atoms with Crippen LogP contribution in [0.15, 0.2) is 47.0 Å². The Hall–Kier alpha value is -2.53. The highest BCUT2D eigenvalue weighted by atomic mass is 35.5. The van der Waals surface area contributed by atoms with Crippen LogP contribution < -0.4 is 10.5 Å². The van der Waals surface area contributed by atoms with Crippen LogP contribution in [0, 0.1) is 0 Å². The van der Waals surface area contributed by atoms with Crippen molar-refractivity contribution in [3.63, 3.8) is 0 Å². The molecule has 0 radical (unpaired) electrons. The number of halogens is 1. The van der Waals surface area contributed by atoms with E-state index in [1.165, 1.54) is 0 Å². The summed E-state index contributed by atoms with van der Waals surface area (Å²) in [6, 6.07) is 12.6. The van der Waals surface area contributed by atoms with E-state index in [1.54, 1.807) is 18.2 Å². The second kappa shape index (κ2) is 6.07. The number of nitrogen functional groups attached to an aromatic ring is 1. The first kappa shape index (κ1) is 14.4. The number of nitrogens with zero attached hydrogens (tertiary/aromatic N) is 2. The molecule has 0 spiro atoms. The van der Waals surface area contributed by atoms with Gasteiger partial charge in [0.1, 0.15) is 5.75 Å². The summed E-state index contributed by atoms with van der Waals surface area (Å²) < 4.78 is 10.7. The van der Waals surface area contributed by atoms with Crippen molar-refractivity contribution in [2.24, 2.45) is 0 Å². The first-order valence-electron chi connectivity index (χ1n) is 6.79. The SMILES string of the molecule is CCOc1ccc(-c2nc(-c3ccc(N)cc3Cl)no2)cc1. The van der Waals surface area contributed by atoms with Gasteiger partial charge in [-0.05, 0) is 49.4 Å². The number of hydrogen-bond acceptors (Lipinski definition) is 5. The van der Waals surface area contributed by atoms with E-state index in [2.05, 4.69) is 10.1 Å². The summed E-state index contributed by atoms with van der Waals surface area (Å²) in [5.41, 5.74) is 7.76. The van der Waals surface area contributed by atoms with Gasteiger partial charge >= 0.3 is 0 Å². The van der Waals surface area contributed by atoms with Crippen molar-refractivity contribution in [3.8, 4) is 28.6 Å². The zero-order valence-corrected chi connectivity index (χ0v) is 12.7. The van der Waals surface area contributed by atoms with Crippen molar-refractivity contribution in [1.29, 1.82) is 0 Å². The molecule has 6 heteroatoms. The van der Waals surface area contributed by atoms with Crippen LogP contribution in [0.3, 0.4) is 0 Å². The number of nitrogens with two attached hydrogens (primary N) is 1. The molecular formula is C16H14ClN3O2. The Morgan fingerprint density at radius 3 is 2.64 bits per heavy atom. The third-order valence-corrected chi connectivity index (χ3v) is 3.39. The summed E-state index contributed by atoms with van der Waals surface area (Å²) in [5, 5.41) is 4.45. The van der Waals surface area contributed by atoms with Gasteiger partial charge in [-0.25, -0.2) is 0 Å². The molecule has 0 aliphatic carbocycles. The van der Waals surface area contributed by atoms with E-state index < -0.39 is 0 Å². The Bertz CT molecular complexity index is 784. The van der Waals surface area contributed by atoms with Gasteiger partial charge in [0, 0.05) is 16.8 Å². The molecule has 0 fully saturated rings. The fourth-order valence-corrected chi connectivity index (χ4v) is 2.30. The molecule has 0 saturated carbocycles. The summed E-state index contributed by atoms with van der Waals surface area (Å²) in [7, 11) is 0. The monoisotopic (exact) mass is 315 g/mol. The summed E-state index contributed by atoms with van der Waals surface area (Å²) in [6.07, 6.45) is 0. The van der Waals surface area contributed by atoms with Gasteiger partial charge in [0.25, 0.3) is 5.89 Å². The van der Waals surface area contributed by atoms with Crippen LogP contribution >= 0.6 is 11.6 Å². The summed E-state index contributed by atoms with van der Waals surface area (Å²) in [6.45, 7) is 2.56. The van der Waals surface area contributed by atoms with E-state index in [-0.39, 0.29) is 0 Å². The molecule has 1 heterocycles. The summed E-state index contributed by atoms with van der Waals surface area (Å²) in [5.74, 6) is 1.65. The molecule has 0 atom stereocenters. The number of ether oxygens (including phenoxy) is 1. The molecule has 0 bridgehead atoms. The normalized spacial score (nSPS) is 10.6. The van der Waals surface area contributed by atoms with E-state index in [1.807, 2.05) is 31.2 Å². The maximum Gasteiger partial charge on any atom is 0.258 e. The molecule has 0 saturated heterocycles. The van der Waals surface area contributed by atoms with E-state index in [0.717, 1.165) is 11.3 Å². The van der Waals surface area contributed by atoms with Crippen LogP contribution in [-0.4, -0.2) is 16.7 Å². The van der Waals surface area contributed by atoms with E-state index >= 15 is 0 Å². The Balaban J connectivity index is 1.90. The minimum Gasteiger partial charge on any atom is -0.494 e. The topological polar surface area (TPSA) is 74.2 Å². The van der Waals surface area contributed by atoms with Gasteiger partial charge in [0.05, 0.1) is 11.6 Å². The molecule has 5 nitrogen and oxygen atoms in total. The summed E-state index contributed by atoms with van der Waals surface area (Å²) in [4.78, 5) is 4.37. The van der Waals surface area contributed by atoms with Gasteiger partial charge in [-0.15, -0.1) is 0 Å². The zero-order chi connectivity index (χ0) is 15.5. The molecule has 0 amide bonds. The average molecular weight is 316 g/mol. The second-order valence-corrected chi connectivity index (χ2v) is 5.03. The highest BCUT2D eigenvalue weighted by molar-refractivity contribution is 6.33. The standard InChI is InChI=1S/C16H14ClN3O2/c1-2-21-12-6-3-10(4-7-12)16-19-15(20-22-16)13-8-5-11(18)9-14(13)17/h3-9H,2,18H2,1H3. The molecule has 112 valence electrons. The van der Waals surface area contributed by atoms with Crippen LogP contribution in [0.5, 0.6) is 5.75 Å². The number of aromatic nitrogens is 2. The summed E-state index contributed by atoms with van der Waals surface area (Å²) >= 11 is 6.16. The van der Waals surface area contributed by atoms with Crippen molar-refractivity contribution in [3.05, 3.63) is 47.5 Å². The van der Waals surface area contributed by atoms with Gasteiger partial charge in [-0.3, -0.25) is 0 Å². The third kappa shape index (κ3) is 2.89. The van der Waals surface area contributed by atoms with Gasteiger partial charge in [0.15, 0.2) is 0 Å². The van der Waals surface area contributed by atoms with Crippen molar-refractivity contribution in [1.82, 2.24) is 10.1 Å². The van der Waals surface area contributed by atoms with Crippen molar-refractivity contribution < 1.29 is 9.26 Å². The van der Waals surface area contributed by atoms with Crippen molar-refractivity contribution in [2.45, 2.75) is 6.92 Å². The van der Waals surface area contributed by atoms with Crippen molar-refractivity contribution >= 4 is 17.3 Å². The first-order chi connectivity index (χ1) is 10.7. The Labute approximate surface area is 132 Å². The van der Waals surface area contributed by atoms with Gasteiger partial charge < -0.3 is 15.0 Å². The number of benzene rings is 2. The predicted molar refractivity (Wildman–Crippen MR) is 85.8 cm³/mol. The Kier molecular flexibility index (Phi) is 3.98. The molecule has 1 aromatic heterocycles. The minimum absolute atomic E-state index is 0.422. The number of hydrogen-bond donors (Lipinski definition) is 1. The lowest BCUT2D eigenvalue weighted by Crippen LogP contribution is -1.90. The maximum absolute atomic E-state index is 6.16. The minimum atomic E-state index is 0.422. The van der Waals surface area contributed by atoms with Crippen LogP contribution in [0.25, 0.3) is 22.8 Å². The molecule has 2 N–H and O–H groups in total. The van der Waals surface area contributed by atoms with Crippen LogP contribution in [0.2, 0.25) is 5.02 Å². The Morgan fingerprint density at radius 2 is 1.95 bits per heavy atom. The Morgan fingerprint density at radius 1 is 1.18 bits per heavy atom. The van der Waals surface area contributed by atoms with Crippen LogP contribution in [-0.2, 0) is 0 Å². The smallest absolute Gasteiger partial charge is 0.258 e. The fraction of sp³-hybridized carbons (Fsp3) is 0.125. The van der Waals surface area contributed by atoms with E-state index in [0.29, 0.717) is 34.6 Å². The predicted octanol–water partition coefficient (Wildman–Crippen LogP) is 4.04. The molecule has 0 unspecified atom stereocenters. The van der Waals surface area contributed by atoms with E-state index in [4.69, 9.17) is 26.6 Å².